The Hall–Kier alpha value is -3.64. The van der Waals surface area contributed by atoms with Crippen LogP contribution in [0.5, 0.6) is 0 Å². The summed E-state index contributed by atoms with van der Waals surface area (Å²) in [6, 6.07) is 21.8. The molecule has 4 aromatic rings. The normalized spacial score (nSPS) is 15.6. The molecule has 1 fully saturated rings. The summed E-state index contributed by atoms with van der Waals surface area (Å²) in [4.78, 5) is 32.3. The zero-order valence-corrected chi connectivity index (χ0v) is 21.7. The fourth-order valence-electron chi connectivity index (χ4n) is 5.05. The van der Waals surface area contributed by atoms with Gasteiger partial charge in [0.1, 0.15) is 5.65 Å². The lowest BCUT2D eigenvalue weighted by Crippen LogP contribution is -2.42. The minimum Gasteiger partial charge on any atom is -0.466 e. The van der Waals surface area contributed by atoms with Crippen molar-refractivity contribution >= 4 is 29.1 Å². The van der Waals surface area contributed by atoms with E-state index in [-0.39, 0.29) is 17.8 Å². The molecule has 1 aliphatic heterocycles. The quantitative estimate of drug-likeness (QED) is 0.281. The van der Waals surface area contributed by atoms with E-state index >= 15 is 0 Å². The van der Waals surface area contributed by atoms with Crippen LogP contribution in [0.4, 0.5) is 0 Å². The van der Waals surface area contributed by atoms with Gasteiger partial charge in [-0.3, -0.25) is 9.59 Å². The Kier molecular flexibility index (Phi) is 7.56. The van der Waals surface area contributed by atoms with Crippen LogP contribution in [0.1, 0.15) is 31.9 Å². The van der Waals surface area contributed by atoms with Gasteiger partial charge < -0.3 is 14.0 Å². The monoisotopic (exact) mass is 515 g/mol. The molecule has 1 aliphatic rings. The van der Waals surface area contributed by atoms with Gasteiger partial charge in [-0.05, 0) is 49.9 Å². The van der Waals surface area contributed by atoms with Crippen molar-refractivity contribution in [3.63, 3.8) is 0 Å². The van der Waals surface area contributed by atoms with E-state index in [9.17, 15) is 9.59 Å². The summed E-state index contributed by atoms with van der Waals surface area (Å²) in [6.07, 6.45) is 4.48. The number of pyridine rings is 1. The highest BCUT2D eigenvalue weighted by Crippen LogP contribution is 2.31. The van der Waals surface area contributed by atoms with Gasteiger partial charge in [0.2, 0.25) is 5.91 Å². The van der Waals surface area contributed by atoms with E-state index in [0.717, 1.165) is 46.6 Å². The summed E-state index contributed by atoms with van der Waals surface area (Å²) in [5.74, 6) is -0.406. The number of amides is 1. The number of rotatable bonds is 7. The molecule has 1 amide bonds. The Morgan fingerprint density at radius 3 is 2.59 bits per heavy atom. The summed E-state index contributed by atoms with van der Waals surface area (Å²) < 4.78 is 7.27. The zero-order chi connectivity index (χ0) is 25.8. The average molecular weight is 516 g/mol. The van der Waals surface area contributed by atoms with Gasteiger partial charge in [-0.1, -0.05) is 60.1 Å². The number of nitrogens with zero attached hydrogens (tertiary/aromatic N) is 3. The number of piperidine rings is 1. The largest absolute Gasteiger partial charge is 0.466 e. The number of carbonyl (C=O) groups excluding carboxylic acids is 2. The smallest absolute Gasteiger partial charge is 0.310 e. The lowest BCUT2D eigenvalue weighted by molar-refractivity contribution is -0.151. The van der Waals surface area contributed by atoms with Crippen molar-refractivity contribution < 1.29 is 14.3 Å². The fourth-order valence-corrected chi connectivity index (χ4v) is 5.30. The maximum Gasteiger partial charge on any atom is 0.310 e. The Morgan fingerprint density at radius 2 is 1.81 bits per heavy atom. The highest BCUT2D eigenvalue weighted by atomic mass is 35.5. The first-order chi connectivity index (χ1) is 18.0. The van der Waals surface area contributed by atoms with Gasteiger partial charge in [-0.2, -0.15) is 0 Å². The van der Waals surface area contributed by atoms with Gasteiger partial charge in [0.25, 0.3) is 0 Å². The third kappa shape index (κ3) is 5.39. The van der Waals surface area contributed by atoms with E-state index < -0.39 is 0 Å². The maximum atomic E-state index is 13.3. The maximum absolute atomic E-state index is 13.3. The average Bonchev–Trinajstić information content (AvgIpc) is 3.30. The van der Waals surface area contributed by atoms with Crippen LogP contribution in [0.3, 0.4) is 0 Å². The number of aryl methyl sites for hydroxylation is 1. The van der Waals surface area contributed by atoms with Crippen molar-refractivity contribution in [2.45, 2.75) is 32.6 Å². The molecule has 3 heterocycles. The molecular formula is C30H30ClN3O3. The van der Waals surface area contributed by atoms with E-state index in [1.165, 1.54) is 0 Å². The van der Waals surface area contributed by atoms with Gasteiger partial charge in [-0.15, -0.1) is 0 Å². The van der Waals surface area contributed by atoms with Crippen molar-refractivity contribution in [1.29, 1.82) is 0 Å². The number of benzene rings is 2. The van der Waals surface area contributed by atoms with Crippen molar-refractivity contribution in [3.05, 3.63) is 83.6 Å². The second-order valence-corrected chi connectivity index (χ2v) is 9.74. The number of likely N-dealkylation sites (tertiary alicyclic amines) is 1. The van der Waals surface area contributed by atoms with E-state index in [4.69, 9.17) is 21.3 Å². The number of esters is 1. The van der Waals surface area contributed by atoms with Crippen LogP contribution >= 0.6 is 11.6 Å². The molecule has 0 N–H and O–H groups in total. The Morgan fingerprint density at radius 1 is 1.03 bits per heavy atom. The summed E-state index contributed by atoms with van der Waals surface area (Å²) >= 11 is 6.49. The minimum atomic E-state index is -0.244. The predicted molar refractivity (Wildman–Crippen MR) is 145 cm³/mol. The van der Waals surface area contributed by atoms with Crippen LogP contribution in [0.2, 0.25) is 5.02 Å². The van der Waals surface area contributed by atoms with E-state index in [2.05, 4.69) is 4.40 Å². The number of hydrogen-bond donors (Lipinski definition) is 0. The van der Waals surface area contributed by atoms with Crippen LogP contribution in [-0.2, 0) is 20.7 Å². The van der Waals surface area contributed by atoms with Crippen molar-refractivity contribution in [1.82, 2.24) is 14.3 Å². The topological polar surface area (TPSA) is 63.9 Å². The molecule has 0 aliphatic carbocycles. The Balaban J connectivity index is 1.44. The van der Waals surface area contributed by atoms with Gasteiger partial charge in [0.05, 0.1) is 23.9 Å². The zero-order valence-electron chi connectivity index (χ0n) is 20.9. The standard InChI is InChI=1S/C30H30ClN3O3/c1-2-37-30(36)23-11-8-18-33(19-23)28(35)17-15-26-29(21-9-4-3-5-10-21)32-27-16-14-22(20-34(26)27)24-12-6-7-13-25(24)31/h3-7,9-10,12-14,16,20,23H,2,8,11,15,17-19H2,1H3/t23-/m1/s1. The molecule has 1 atom stereocenters. The van der Waals surface area contributed by atoms with E-state index in [1.807, 2.05) is 77.8 Å². The van der Waals surface area contributed by atoms with Crippen LogP contribution in [0, 0.1) is 5.92 Å². The third-order valence-corrected chi connectivity index (χ3v) is 7.25. The molecule has 0 saturated carbocycles. The fraction of sp³-hybridized carbons (Fsp3) is 0.300. The van der Waals surface area contributed by atoms with E-state index in [0.29, 0.717) is 37.6 Å². The molecule has 2 aromatic carbocycles. The lowest BCUT2D eigenvalue weighted by Gasteiger charge is -2.31. The Bertz CT molecular complexity index is 1420. The van der Waals surface area contributed by atoms with Crippen LogP contribution < -0.4 is 0 Å². The summed E-state index contributed by atoms with van der Waals surface area (Å²) in [5, 5.41) is 0.684. The number of carbonyl (C=O) groups is 2. The number of halogens is 1. The molecule has 2 aromatic heterocycles. The first kappa shape index (κ1) is 25.0. The predicted octanol–water partition coefficient (Wildman–Crippen LogP) is 6.06. The number of imidazole rings is 1. The molecule has 0 unspecified atom stereocenters. The molecule has 1 saturated heterocycles. The number of aromatic nitrogens is 2. The van der Waals surface area contributed by atoms with Crippen molar-refractivity contribution in [3.8, 4) is 22.4 Å². The number of hydrogen-bond acceptors (Lipinski definition) is 4. The summed E-state index contributed by atoms with van der Waals surface area (Å²) in [5.41, 5.74) is 5.60. The highest BCUT2D eigenvalue weighted by Gasteiger charge is 2.29. The molecule has 5 rings (SSSR count). The third-order valence-electron chi connectivity index (χ3n) is 6.92. The second-order valence-electron chi connectivity index (χ2n) is 9.33. The van der Waals surface area contributed by atoms with Gasteiger partial charge in [0.15, 0.2) is 0 Å². The van der Waals surface area contributed by atoms with Gasteiger partial charge in [-0.25, -0.2) is 4.98 Å². The van der Waals surface area contributed by atoms with E-state index in [1.54, 1.807) is 6.92 Å². The minimum absolute atomic E-state index is 0.0465. The lowest BCUT2D eigenvalue weighted by atomic mass is 9.97. The van der Waals surface area contributed by atoms with Crippen LogP contribution in [-0.4, -0.2) is 45.9 Å². The first-order valence-electron chi connectivity index (χ1n) is 12.8. The van der Waals surface area contributed by atoms with Crippen molar-refractivity contribution in [2.24, 2.45) is 5.92 Å². The van der Waals surface area contributed by atoms with Crippen LogP contribution in [0.25, 0.3) is 28.0 Å². The summed E-state index contributed by atoms with van der Waals surface area (Å²) in [6.45, 7) is 3.26. The molecule has 6 nitrogen and oxygen atoms in total. The van der Waals surface area contributed by atoms with Gasteiger partial charge >= 0.3 is 5.97 Å². The van der Waals surface area contributed by atoms with Crippen molar-refractivity contribution in [2.75, 3.05) is 19.7 Å². The molecule has 190 valence electrons. The van der Waals surface area contributed by atoms with Crippen LogP contribution in [0.15, 0.2) is 72.9 Å². The molecule has 0 bridgehead atoms. The molecule has 37 heavy (non-hydrogen) atoms. The first-order valence-corrected chi connectivity index (χ1v) is 13.2. The molecular weight excluding hydrogens is 486 g/mol. The molecule has 7 heteroatoms. The SMILES string of the molecule is CCOC(=O)[C@@H]1CCCN(C(=O)CCc2c(-c3ccccc3)nc3ccc(-c4ccccc4Cl)cn23)C1. The van der Waals surface area contributed by atoms with Gasteiger partial charge in [0, 0.05) is 41.9 Å². The highest BCUT2D eigenvalue weighted by molar-refractivity contribution is 6.33. The summed E-state index contributed by atoms with van der Waals surface area (Å²) in [7, 11) is 0. The Labute approximate surface area is 221 Å². The number of fused-ring (bicyclic) bond motifs is 1. The molecule has 0 spiro atoms. The second kappa shape index (κ2) is 11.2. The molecule has 0 radical (unpaired) electrons. The number of ether oxygens (including phenoxy) is 1.